The van der Waals surface area contributed by atoms with Gasteiger partial charge in [0.25, 0.3) is 0 Å². The van der Waals surface area contributed by atoms with Crippen LogP contribution in [-0.2, 0) is 6.42 Å². The van der Waals surface area contributed by atoms with Gasteiger partial charge in [-0.25, -0.2) is 9.18 Å². The summed E-state index contributed by atoms with van der Waals surface area (Å²) in [5.41, 5.74) is 2.11. The second-order valence-electron chi connectivity index (χ2n) is 6.29. The Hall–Kier alpha value is -2.91. The van der Waals surface area contributed by atoms with Crippen LogP contribution in [0.15, 0.2) is 48.5 Å². The van der Waals surface area contributed by atoms with Crippen molar-refractivity contribution in [1.82, 2.24) is 9.80 Å². The molecular weight excluding hydrogens is 331 g/mol. The van der Waals surface area contributed by atoms with Gasteiger partial charge in [-0.2, -0.15) is 5.26 Å². The highest BCUT2D eigenvalue weighted by Gasteiger charge is 2.21. The molecule has 3 rings (SSSR count). The Kier molecular flexibility index (Phi) is 5.82. The van der Waals surface area contributed by atoms with Crippen molar-refractivity contribution in [2.75, 3.05) is 38.0 Å². The number of para-hydroxylation sites is 1. The summed E-state index contributed by atoms with van der Waals surface area (Å²) in [6.45, 7) is 3.77. The van der Waals surface area contributed by atoms with Gasteiger partial charge < -0.3 is 10.2 Å². The first-order valence-corrected chi connectivity index (χ1v) is 8.67. The van der Waals surface area contributed by atoms with Crippen LogP contribution in [0.25, 0.3) is 0 Å². The van der Waals surface area contributed by atoms with Crippen molar-refractivity contribution in [3.8, 4) is 6.07 Å². The summed E-state index contributed by atoms with van der Waals surface area (Å²) in [5, 5.41) is 11.9. The normalized spacial score (nSPS) is 14.7. The van der Waals surface area contributed by atoms with Crippen LogP contribution in [0.3, 0.4) is 0 Å². The number of hydrogen-bond donors (Lipinski definition) is 1. The largest absolute Gasteiger partial charge is 0.322 e. The zero-order valence-electron chi connectivity index (χ0n) is 14.5. The molecule has 0 radical (unpaired) electrons. The fourth-order valence-corrected chi connectivity index (χ4v) is 3.00. The first kappa shape index (κ1) is 17.9. The third-order valence-corrected chi connectivity index (χ3v) is 4.58. The number of carbonyl (C=O) groups excluding carboxylic acids is 1. The highest BCUT2D eigenvalue weighted by atomic mass is 19.1. The molecular formula is C20H21FN4O. The van der Waals surface area contributed by atoms with E-state index in [-0.39, 0.29) is 11.8 Å². The van der Waals surface area contributed by atoms with Gasteiger partial charge >= 0.3 is 6.03 Å². The molecule has 1 saturated heterocycles. The lowest BCUT2D eigenvalue weighted by Crippen LogP contribution is -2.50. The van der Waals surface area contributed by atoms with E-state index >= 15 is 0 Å². The smallest absolute Gasteiger partial charge is 0.321 e. The topological polar surface area (TPSA) is 59.4 Å². The van der Waals surface area contributed by atoms with Crippen LogP contribution in [-0.4, -0.2) is 48.6 Å². The summed E-state index contributed by atoms with van der Waals surface area (Å²) in [4.78, 5) is 16.5. The number of amides is 2. The Morgan fingerprint density at radius 3 is 2.46 bits per heavy atom. The molecule has 0 saturated carbocycles. The molecule has 0 unspecified atom stereocenters. The van der Waals surface area contributed by atoms with Gasteiger partial charge in [-0.1, -0.05) is 24.3 Å². The second-order valence-corrected chi connectivity index (χ2v) is 6.29. The minimum Gasteiger partial charge on any atom is -0.322 e. The predicted octanol–water partition coefficient (Wildman–Crippen LogP) is 3.09. The van der Waals surface area contributed by atoms with Crippen LogP contribution in [0.4, 0.5) is 14.9 Å². The number of urea groups is 1. The van der Waals surface area contributed by atoms with Gasteiger partial charge in [-0.15, -0.1) is 0 Å². The molecule has 1 aliphatic rings. The molecule has 1 heterocycles. The molecule has 5 nitrogen and oxygen atoms in total. The summed E-state index contributed by atoms with van der Waals surface area (Å²) in [6, 6.07) is 15.5. The van der Waals surface area contributed by atoms with Crippen molar-refractivity contribution in [3.05, 3.63) is 65.5 Å². The first-order valence-electron chi connectivity index (χ1n) is 8.67. The molecule has 6 heteroatoms. The zero-order chi connectivity index (χ0) is 18.4. The molecule has 2 aromatic carbocycles. The number of halogens is 1. The molecule has 134 valence electrons. The van der Waals surface area contributed by atoms with Crippen molar-refractivity contribution >= 4 is 11.7 Å². The maximum atomic E-state index is 12.9. The van der Waals surface area contributed by atoms with Gasteiger partial charge in [-0.3, -0.25) is 4.90 Å². The number of nitriles is 1. The van der Waals surface area contributed by atoms with E-state index < -0.39 is 0 Å². The lowest BCUT2D eigenvalue weighted by atomic mass is 10.1. The molecule has 0 bridgehead atoms. The molecule has 26 heavy (non-hydrogen) atoms. The minimum absolute atomic E-state index is 0.175. The minimum atomic E-state index is -0.216. The Balaban J connectivity index is 1.46. The molecule has 1 N–H and O–H groups in total. The number of benzene rings is 2. The third kappa shape index (κ3) is 4.58. The number of rotatable bonds is 4. The zero-order valence-corrected chi connectivity index (χ0v) is 14.5. The van der Waals surface area contributed by atoms with Crippen molar-refractivity contribution in [1.29, 1.82) is 5.26 Å². The van der Waals surface area contributed by atoms with Gasteiger partial charge in [-0.05, 0) is 36.2 Å². The molecule has 0 atom stereocenters. The molecule has 0 aromatic heterocycles. The average Bonchev–Trinajstić information content (AvgIpc) is 2.68. The summed E-state index contributed by atoms with van der Waals surface area (Å²) in [7, 11) is 0. The molecule has 1 aliphatic heterocycles. The monoisotopic (exact) mass is 352 g/mol. The lowest BCUT2D eigenvalue weighted by Gasteiger charge is -2.34. The molecule has 0 aliphatic carbocycles. The van der Waals surface area contributed by atoms with Crippen LogP contribution in [0, 0.1) is 17.1 Å². The molecule has 1 fully saturated rings. The van der Waals surface area contributed by atoms with E-state index in [1.54, 1.807) is 29.2 Å². The van der Waals surface area contributed by atoms with Crippen LogP contribution < -0.4 is 5.32 Å². The second kappa shape index (κ2) is 8.45. The SMILES string of the molecule is N#Cc1ccccc1NC(=O)N1CCN(CCc2ccc(F)cc2)CC1. The van der Waals surface area contributed by atoms with Crippen molar-refractivity contribution in [2.45, 2.75) is 6.42 Å². The van der Waals surface area contributed by atoms with Gasteiger partial charge in [0, 0.05) is 32.7 Å². The van der Waals surface area contributed by atoms with Gasteiger partial charge in [0.2, 0.25) is 0 Å². The average molecular weight is 352 g/mol. The summed E-state index contributed by atoms with van der Waals surface area (Å²) < 4.78 is 12.9. The number of nitrogens with one attached hydrogen (secondary N) is 1. The van der Waals surface area contributed by atoms with E-state index in [0.29, 0.717) is 24.3 Å². The number of carbonyl (C=O) groups is 1. The Morgan fingerprint density at radius 2 is 1.77 bits per heavy atom. The number of piperazine rings is 1. The van der Waals surface area contributed by atoms with E-state index in [1.807, 2.05) is 12.1 Å². The fraction of sp³-hybridized carbons (Fsp3) is 0.300. The van der Waals surface area contributed by atoms with E-state index in [9.17, 15) is 9.18 Å². The summed E-state index contributed by atoms with van der Waals surface area (Å²) in [6.07, 6.45) is 0.863. The van der Waals surface area contributed by atoms with E-state index in [0.717, 1.165) is 31.6 Å². The maximum absolute atomic E-state index is 12.9. The predicted molar refractivity (Wildman–Crippen MR) is 98.3 cm³/mol. The van der Waals surface area contributed by atoms with Crippen LogP contribution >= 0.6 is 0 Å². The summed E-state index contributed by atoms with van der Waals surface area (Å²) >= 11 is 0. The van der Waals surface area contributed by atoms with Crippen molar-refractivity contribution < 1.29 is 9.18 Å². The third-order valence-electron chi connectivity index (χ3n) is 4.58. The van der Waals surface area contributed by atoms with E-state index in [4.69, 9.17) is 5.26 Å². The fourth-order valence-electron chi connectivity index (χ4n) is 3.00. The van der Waals surface area contributed by atoms with Gasteiger partial charge in [0.05, 0.1) is 11.3 Å². The Labute approximate surface area is 152 Å². The highest BCUT2D eigenvalue weighted by molar-refractivity contribution is 5.90. The molecule has 2 amide bonds. The van der Waals surface area contributed by atoms with Crippen LogP contribution in [0.2, 0.25) is 0 Å². The van der Waals surface area contributed by atoms with E-state index in [1.165, 1.54) is 12.1 Å². The quantitative estimate of drug-likeness (QED) is 0.920. The van der Waals surface area contributed by atoms with Crippen LogP contribution in [0.5, 0.6) is 0 Å². The maximum Gasteiger partial charge on any atom is 0.321 e. The van der Waals surface area contributed by atoms with E-state index in [2.05, 4.69) is 16.3 Å². The van der Waals surface area contributed by atoms with Gasteiger partial charge in [0.1, 0.15) is 11.9 Å². The van der Waals surface area contributed by atoms with Crippen molar-refractivity contribution in [2.24, 2.45) is 0 Å². The standard InChI is InChI=1S/C20H21FN4O/c21-18-7-5-16(6-8-18)9-10-24-11-13-25(14-12-24)20(26)23-19-4-2-1-3-17(19)15-22/h1-8H,9-14H2,(H,23,26). The number of hydrogen-bond acceptors (Lipinski definition) is 3. The Morgan fingerprint density at radius 1 is 1.08 bits per heavy atom. The van der Waals surface area contributed by atoms with Gasteiger partial charge in [0.15, 0.2) is 0 Å². The highest BCUT2D eigenvalue weighted by Crippen LogP contribution is 2.15. The lowest BCUT2D eigenvalue weighted by molar-refractivity contribution is 0.148. The van der Waals surface area contributed by atoms with Crippen molar-refractivity contribution in [3.63, 3.8) is 0 Å². The summed E-state index contributed by atoms with van der Waals surface area (Å²) in [5.74, 6) is -0.216. The molecule has 0 spiro atoms. The number of anilines is 1. The Bertz CT molecular complexity index is 792. The first-order chi connectivity index (χ1) is 12.7. The molecule has 2 aromatic rings. The number of nitrogens with zero attached hydrogens (tertiary/aromatic N) is 3. The van der Waals surface area contributed by atoms with Crippen LogP contribution in [0.1, 0.15) is 11.1 Å².